The fourth-order valence-corrected chi connectivity index (χ4v) is 7.29. The van der Waals surface area contributed by atoms with Crippen molar-refractivity contribution in [2.24, 2.45) is 7.05 Å². The second-order valence-corrected chi connectivity index (χ2v) is 10.4. The number of thiazole rings is 1. The minimum Gasteiger partial charge on any atom is -0.290 e. The molecule has 5 aromatic rings. The number of hydrogen-bond acceptors (Lipinski definition) is 7. The van der Waals surface area contributed by atoms with E-state index in [1.165, 1.54) is 33.5 Å². The lowest BCUT2D eigenvalue weighted by atomic mass is 10.2. The summed E-state index contributed by atoms with van der Waals surface area (Å²) in [5.74, 6) is 0.483. The largest absolute Gasteiger partial charge is 0.290 e. The van der Waals surface area contributed by atoms with Crippen LogP contribution in [0.5, 0.6) is 0 Å². The standard InChI is InChI=1S/C21H16N4O2S3/c1-24-19(27)17-12-5-4-8-14(12)29-18(17)23-20(24)28-10-11-9-16(26)25-13-6-2-3-7-15(13)30-21(25)22-11/h2-3,6-7,9H,4-5,8,10H2,1H3. The maximum Gasteiger partial charge on any atom is 0.262 e. The second kappa shape index (κ2) is 6.76. The molecular formula is C21H16N4O2S3. The third-order valence-electron chi connectivity index (χ3n) is 5.50. The molecule has 6 rings (SSSR count). The number of para-hydroxylation sites is 1. The summed E-state index contributed by atoms with van der Waals surface area (Å²) in [6.07, 6.45) is 3.14. The van der Waals surface area contributed by atoms with Gasteiger partial charge in [-0.2, -0.15) is 0 Å². The van der Waals surface area contributed by atoms with Crippen molar-refractivity contribution < 1.29 is 0 Å². The average Bonchev–Trinajstić information content (AvgIpc) is 3.41. The van der Waals surface area contributed by atoms with Crippen molar-refractivity contribution in [3.63, 3.8) is 0 Å². The number of thiophene rings is 1. The second-order valence-electron chi connectivity index (χ2n) is 7.36. The molecule has 0 unspecified atom stereocenters. The van der Waals surface area contributed by atoms with Crippen molar-refractivity contribution in [3.05, 3.63) is 67.2 Å². The molecule has 0 amide bonds. The Morgan fingerprint density at radius 1 is 1.13 bits per heavy atom. The molecule has 9 heteroatoms. The number of thioether (sulfide) groups is 1. The van der Waals surface area contributed by atoms with Crippen molar-refractivity contribution in [1.29, 1.82) is 0 Å². The van der Waals surface area contributed by atoms with E-state index in [4.69, 9.17) is 9.97 Å². The molecule has 0 fully saturated rings. The van der Waals surface area contributed by atoms with Crippen LogP contribution in [0.15, 0.2) is 45.1 Å². The van der Waals surface area contributed by atoms with Gasteiger partial charge in [0, 0.05) is 23.7 Å². The highest BCUT2D eigenvalue weighted by atomic mass is 32.2. The number of fused-ring (bicyclic) bond motifs is 6. The number of aromatic nitrogens is 4. The van der Waals surface area contributed by atoms with Gasteiger partial charge in [0.05, 0.1) is 21.3 Å². The van der Waals surface area contributed by atoms with Crippen LogP contribution in [0, 0.1) is 0 Å². The van der Waals surface area contributed by atoms with E-state index in [0.29, 0.717) is 21.6 Å². The van der Waals surface area contributed by atoms with Gasteiger partial charge in [-0.25, -0.2) is 9.97 Å². The van der Waals surface area contributed by atoms with Crippen LogP contribution >= 0.6 is 34.4 Å². The molecule has 6 nitrogen and oxygen atoms in total. The van der Waals surface area contributed by atoms with Gasteiger partial charge in [0.15, 0.2) is 10.1 Å². The monoisotopic (exact) mass is 452 g/mol. The van der Waals surface area contributed by atoms with Gasteiger partial charge >= 0.3 is 0 Å². The van der Waals surface area contributed by atoms with Gasteiger partial charge in [0.2, 0.25) is 0 Å². The normalized spacial score (nSPS) is 13.6. The third kappa shape index (κ3) is 2.69. The lowest BCUT2D eigenvalue weighted by molar-refractivity contribution is 0.726. The quantitative estimate of drug-likeness (QED) is 0.306. The van der Waals surface area contributed by atoms with Gasteiger partial charge in [0.25, 0.3) is 11.1 Å². The molecule has 0 saturated heterocycles. The molecule has 30 heavy (non-hydrogen) atoms. The summed E-state index contributed by atoms with van der Waals surface area (Å²) in [6, 6.07) is 9.39. The molecule has 0 spiro atoms. The SMILES string of the molecule is Cn1c(SCc2cc(=O)n3c(n2)sc2ccccc23)nc2sc3c(c2c1=O)CCC3. The van der Waals surface area contributed by atoms with E-state index in [1.54, 1.807) is 33.4 Å². The van der Waals surface area contributed by atoms with Gasteiger partial charge in [-0.3, -0.25) is 18.6 Å². The van der Waals surface area contributed by atoms with Crippen LogP contribution in [0.3, 0.4) is 0 Å². The fraction of sp³-hybridized carbons (Fsp3) is 0.238. The number of nitrogens with zero attached hydrogens (tertiary/aromatic N) is 4. The van der Waals surface area contributed by atoms with E-state index in [0.717, 1.165) is 39.7 Å². The van der Waals surface area contributed by atoms with E-state index >= 15 is 0 Å². The number of rotatable bonds is 3. The first-order chi connectivity index (χ1) is 14.6. The zero-order valence-corrected chi connectivity index (χ0v) is 18.5. The topological polar surface area (TPSA) is 69.3 Å². The predicted molar refractivity (Wildman–Crippen MR) is 123 cm³/mol. The lowest BCUT2D eigenvalue weighted by Crippen LogP contribution is -2.20. The Morgan fingerprint density at radius 3 is 2.90 bits per heavy atom. The molecule has 0 bridgehead atoms. The van der Waals surface area contributed by atoms with E-state index in [-0.39, 0.29) is 11.1 Å². The van der Waals surface area contributed by atoms with Crippen molar-refractivity contribution in [1.82, 2.24) is 18.9 Å². The predicted octanol–water partition coefficient (Wildman–Crippen LogP) is 4.00. The average molecular weight is 453 g/mol. The van der Waals surface area contributed by atoms with Crippen LogP contribution in [0.25, 0.3) is 25.4 Å². The van der Waals surface area contributed by atoms with E-state index < -0.39 is 0 Å². The minimum atomic E-state index is -0.0833. The van der Waals surface area contributed by atoms with Crippen molar-refractivity contribution in [2.75, 3.05) is 0 Å². The van der Waals surface area contributed by atoms with Gasteiger partial charge in [0.1, 0.15) is 4.83 Å². The molecule has 1 aromatic carbocycles. The van der Waals surface area contributed by atoms with Crippen LogP contribution in [-0.4, -0.2) is 18.9 Å². The third-order valence-corrected chi connectivity index (χ3v) is 8.77. The number of hydrogen-bond donors (Lipinski definition) is 0. The molecule has 0 saturated carbocycles. The minimum absolute atomic E-state index is 0.0230. The smallest absolute Gasteiger partial charge is 0.262 e. The molecule has 0 atom stereocenters. The van der Waals surface area contributed by atoms with Crippen LogP contribution in [0.1, 0.15) is 22.6 Å². The molecule has 0 radical (unpaired) electrons. The Labute approximate surface area is 182 Å². The van der Waals surface area contributed by atoms with Gasteiger partial charge in [-0.05, 0) is 37.0 Å². The zero-order valence-electron chi connectivity index (χ0n) is 16.0. The fourth-order valence-electron chi connectivity index (χ4n) is 4.07. The molecule has 0 aliphatic heterocycles. The first-order valence-corrected chi connectivity index (χ1v) is 12.3. The van der Waals surface area contributed by atoms with Gasteiger partial charge in [-0.15, -0.1) is 11.3 Å². The van der Waals surface area contributed by atoms with Crippen LogP contribution in [0.4, 0.5) is 0 Å². The Morgan fingerprint density at radius 2 is 2.00 bits per heavy atom. The van der Waals surface area contributed by atoms with Crippen LogP contribution in [0.2, 0.25) is 0 Å². The van der Waals surface area contributed by atoms with Gasteiger partial charge in [-0.1, -0.05) is 35.2 Å². The summed E-state index contributed by atoms with van der Waals surface area (Å²) in [5, 5.41) is 1.45. The summed E-state index contributed by atoms with van der Waals surface area (Å²) in [7, 11) is 1.77. The van der Waals surface area contributed by atoms with Crippen LogP contribution < -0.4 is 11.1 Å². The Bertz CT molecular complexity index is 1590. The van der Waals surface area contributed by atoms with Crippen molar-refractivity contribution in [2.45, 2.75) is 30.2 Å². The summed E-state index contributed by atoms with van der Waals surface area (Å²) in [5.41, 5.74) is 2.72. The first-order valence-electron chi connectivity index (χ1n) is 9.64. The molecule has 0 N–H and O–H groups in total. The van der Waals surface area contributed by atoms with E-state index in [1.807, 2.05) is 24.3 Å². The maximum atomic E-state index is 13.0. The Hall–Kier alpha value is -2.49. The summed E-state index contributed by atoms with van der Waals surface area (Å²) < 4.78 is 4.32. The maximum absolute atomic E-state index is 13.0. The zero-order chi connectivity index (χ0) is 20.4. The highest BCUT2D eigenvalue weighted by Gasteiger charge is 2.22. The highest BCUT2D eigenvalue weighted by molar-refractivity contribution is 7.98. The van der Waals surface area contributed by atoms with Gasteiger partial charge < -0.3 is 0 Å². The van der Waals surface area contributed by atoms with E-state index in [2.05, 4.69) is 0 Å². The molecule has 1 aliphatic carbocycles. The molecule has 1 aliphatic rings. The summed E-state index contributed by atoms with van der Waals surface area (Å²) >= 11 is 4.60. The molecular weight excluding hydrogens is 436 g/mol. The molecule has 4 aromatic heterocycles. The Kier molecular flexibility index (Phi) is 4.12. The highest BCUT2D eigenvalue weighted by Crippen LogP contribution is 2.35. The first kappa shape index (κ1) is 18.3. The number of benzene rings is 1. The molecule has 4 heterocycles. The lowest BCUT2D eigenvalue weighted by Gasteiger charge is -2.07. The molecule has 150 valence electrons. The van der Waals surface area contributed by atoms with Crippen LogP contribution in [-0.2, 0) is 25.6 Å². The summed E-state index contributed by atoms with van der Waals surface area (Å²) in [6.45, 7) is 0. The Balaban J connectivity index is 1.38. The summed E-state index contributed by atoms with van der Waals surface area (Å²) in [4.78, 5) is 38.0. The van der Waals surface area contributed by atoms with E-state index in [9.17, 15) is 9.59 Å². The van der Waals surface area contributed by atoms with Crippen molar-refractivity contribution >= 4 is 59.8 Å². The number of aryl methyl sites for hydroxylation is 2. The van der Waals surface area contributed by atoms with Crippen molar-refractivity contribution in [3.8, 4) is 0 Å².